The summed E-state index contributed by atoms with van der Waals surface area (Å²) in [5.74, 6) is -2.30. The lowest BCUT2D eigenvalue weighted by atomic mass is 9.92. The molecule has 3 aromatic rings. The van der Waals surface area contributed by atoms with Crippen molar-refractivity contribution < 1.29 is 24.2 Å². The van der Waals surface area contributed by atoms with Crippen LogP contribution >= 0.6 is 0 Å². The summed E-state index contributed by atoms with van der Waals surface area (Å²) in [5, 5.41) is 19.5. The topological polar surface area (TPSA) is 87.7 Å². The van der Waals surface area contributed by atoms with Crippen molar-refractivity contribution in [3.8, 4) is 11.1 Å². The van der Waals surface area contributed by atoms with E-state index in [-0.39, 0.29) is 16.7 Å². The van der Waals surface area contributed by atoms with E-state index in [0.29, 0.717) is 16.7 Å². The van der Waals surface area contributed by atoms with Gasteiger partial charge in [-0.3, -0.25) is 0 Å². The molecule has 5 heteroatoms. The van der Waals surface area contributed by atoms with Gasteiger partial charge in [0.1, 0.15) is 5.58 Å². The Labute approximate surface area is 125 Å². The Bertz CT molecular complexity index is 905. The zero-order valence-electron chi connectivity index (χ0n) is 11.7. The minimum Gasteiger partial charge on any atom is -0.478 e. The van der Waals surface area contributed by atoms with Crippen molar-refractivity contribution in [2.24, 2.45) is 0 Å². The SMILES string of the molecule is Cc1c(C(=O)O)ccc(-c2ccc3ccoc3c2)c1C(=O)O. The highest BCUT2D eigenvalue weighted by atomic mass is 16.4. The van der Waals surface area contributed by atoms with Crippen molar-refractivity contribution in [2.75, 3.05) is 0 Å². The lowest BCUT2D eigenvalue weighted by Crippen LogP contribution is -2.09. The minimum atomic E-state index is -1.16. The highest BCUT2D eigenvalue weighted by molar-refractivity contribution is 6.02. The van der Waals surface area contributed by atoms with Crippen LogP contribution in [0.2, 0.25) is 0 Å². The minimum absolute atomic E-state index is 0.00851. The number of hydrogen-bond donors (Lipinski definition) is 2. The Hall–Kier alpha value is -3.08. The molecule has 2 aromatic carbocycles. The molecule has 0 unspecified atom stereocenters. The molecular weight excluding hydrogens is 284 g/mol. The number of aromatic carboxylic acids is 2. The lowest BCUT2D eigenvalue weighted by molar-refractivity contribution is 0.0696. The molecule has 1 aromatic heterocycles. The van der Waals surface area contributed by atoms with Gasteiger partial charge in [-0.1, -0.05) is 18.2 Å². The number of hydrogen-bond acceptors (Lipinski definition) is 3. The van der Waals surface area contributed by atoms with Crippen molar-refractivity contribution in [1.29, 1.82) is 0 Å². The molecule has 0 fully saturated rings. The molecule has 0 aliphatic rings. The Morgan fingerprint density at radius 1 is 1.00 bits per heavy atom. The highest BCUT2D eigenvalue weighted by Gasteiger charge is 2.20. The van der Waals surface area contributed by atoms with Gasteiger partial charge in [0.15, 0.2) is 0 Å². The maximum absolute atomic E-state index is 11.6. The zero-order chi connectivity index (χ0) is 15.9. The van der Waals surface area contributed by atoms with Crippen molar-refractivity contribution in [3.63, 3.8) is 0 Å². The van der Waals surface area contributed by atoms with E-state index in [1.54, 1.807) is 18.4 Å². The van der Waals surface area contributed by atoms with Crippen LogP contribution in [0.3, 0.4) is 0 Å². The van der Waals surface area contributed by atoms with Gasteiger partial charge in [-0.2, -0.15) is 0 Å². The van der Waals surface area contributed by atoms with Crippen LogP contribution in [0.5, 0.6) is 0 Å². The summed E-state index contributed by atoms with van der Waals surface area (Å²) in [6, 6.07) is 10.1. The van der Waals surface area contributed by atoms with Crippen molar-refractivity contribution in [1.82, 2.24) is 0 Å². The smallest absolute Gasteiger partial charge is 0.336 e. The number of carboxylic acids is 2. The first kappa shape index (κ1) is 13.9. The summed E-state index contributed by atoms with van der Waals surface area (Å²) >= 11 is 0. The van der Waals surface area contributed by atoms with Crippen LogP contribution in [0.4, 0.5) is 0 Å². The highest BCUT2D eigenvalue weighted by Crippen LogP contribution is 2.31. The molecule has 2 N–H and O–H groups in total. The Balaban J connectivity index is 2.27. The van der Waals surface area contributed by atoms with E-state index in [2.05, 4.69) is 0 Å². The van der Waals surface area contributed by atoms with Gasteiger partial charge >= 0.3 is 11.9 Å². The molecule has 0 saturated heterocycles. The van der Waals surface area contributed by atoms with Gasteiger partial charge in [0.2, 0.25) is 0 Å². The maximum Gasteiger partial charge on any atom is 0.336 e. The number of carbonyl (C=O) groups is 2. The molecule has 1 heterocycles. The summed E-state index contributed by atoms with van der Waals surface area (Å²) in [6.45, 7) is 1.50. The summed E-state index contributed by atoms with van der Waals surface area (Å²) in [6.07, 6.45) is 1.56. The van der Waals surface area contributed by atoms with Gasteiger partial charge in [-0.05, 0) is 41.8 Å². The Morgan fingerprint density at radius 2 is 1.77 bits per heavy atom. The van der Waals surface area contributed by atoms with Crippen molar-refractivity contribution >= 4 is 22.9 Å². The molecule has 3 rings (SSSR count). The first-order valence-electron chi connectivity index (χ1n) is 6.57. The first-order chi connectivity index (χ1) is 10.5. The van der Waals surface area contributed by atoms with Gasteiger partial charge in [0, 0.05) is 5.39 Å². The predicted molar refractivity (Wildman–Crippen MR) is 80.3 cm³/mol. The van der Waals surface area contributed by atoms with Crippen molar-refractivity contribution in [2.45, 2.75) is 6.92 Å². The van der Waals surface area contributed by atoms with Gasteiger partial charge in [0.25, 0.3) is 0 Å². The monoisotopic (exact) mass is 296 g/mol. The lowest BCUT2D eigenvalue weighted by Gasteiger charge is -2.11. The van der Waals surface area contributed by atoms with Gasteiger partial charge in [-0.15, -0.1) is 0 Å². The molecule has 0 amide bonds. The molecule has 110 valence electrons. The Kier molecular flexibility index (Phi) is 3.18. The van der Waals surface area contributed by atoms with Gasteiger partial charge in [0.05, 0.1) is 17.4 Å². The van der Waals surface area contributed by atoms with E-state index in [0.717, 1.165) is 5.39 Å². The third-order valence-electron chi connectivity index (χ3n) is 3.68. The largest absolute Gasteiger partial charge is 0.478 e. The number of furan rings is 1. The van der Waals surface area contributed by atoms with Crippen LogP contribution in [0.1, 0.15) is 26.3 Å². The van der Waals surface area contributed by atoms with Crippen LogP contribution in [0.15, 0.2) is 47.1 Å². The second kappa shape index (κ2) is 5.04. The van der Waals surface area contributed by atoms with E-state index in [4.69, 9.17) is 9.52 Å². The molecule has 0 atom stereocenters. The maximum atomic E-state index is 11.6. The fourth-order valence-electron chi connectivity index (χ4n) is 2.58. The third kappa shape index (κ3) is 2.13. The fraction of sp³-hybridized carbons (Fsp3) is 0.0588. The second-order valence-electron chi connectivity index (χ2n) is 4.94. The van der Waals surface area contributed by atoms with Gasteiger partial charge in [-0.25, -0.2) is 9.59 Å². The van der Waals surface area contributed by atoms with Gasteiger partial charge < -0.3 is 14.6 Å². The van der Waals surface area contributed by atoms with Crippen LogP contribution in [0.25, 0.3) is 22.1 Å². The summed E-state index contributed by atoms with van der Waals surface area (Å²) in [4.78, 5) is 22.8. The quantitative estimate of drug-likeness (QED) is 0.767. The van der Waals surface area contributed by atoms with E-state index >= 15 is 0 Å². The number of rotatable bonds is 3. The zero-order valence-corrected chi connectivity index (χ0v) is 11.7. The van der Waals surface area contributed by atoms with E-state index in [1.165, 1.54) is 19.1 Å². The molecule has 5 nitrogen and oxygen atoms in total. The number of benzene rings is 2. The first-order valence-corrected chi connectivity index (χ1v) is 6.57. The number of fused-ring (bicyclic) bond motifs is 1. The molecule has 0 bridgehead atoms. The summed E-state index contributed by atoms with van der Waals surface area (Å²) in [7, 11) is 0. The molecule has 22 heavy (non-hydrogen) atoms. The van der Waals surface area contributed by atoms with Crippen LogP contribution < -0.4 is 0 Å². The third-order valence-corrected chi connectivity index (χ3v) is 3.68. The van der Waals surface area contributed by atoms with E-state index in [9.17, 15) is 14.7 Å². The fourth-order valence-corrected chi connectivity index (χ4v) is 2.58. The standard InChI is InChI=1S/C17H12O5/c1-9-12(16(18)19)4-5-13(15(9)17(20)21)11-3-2-10-6-7-22-14(10)8-11/h2-8H,1H3,(H,18,19)(H,20,21). The van der Waals surface area contributed by atoms with Crippen LogP contribution in [-0.2, 0) is 0 Å². The van der Waals surface area contributed by atoms with Crippen molar-refractivity contribution in [3.05, 3.63) is 59.4 Å². The average Bonchev–Trinajstić information content (AvgIpc) is 2.93. The molecule has 0 spiro atoms. The molecule has 0 saturated carbocycles. The van der Waals surface area contributed by atoms with Crippen LogP contribution in [0, 0.1) is 6.92 Å². The Morgan fingerprint density at radius 3 is 2.45 bits per heavy atom. The van der Waals surface area contributed by atoms with E-state index in [1.807, 2.05) is 12.1 Å². The predicted octanol–water partition coefficient (Wildman–Crippen LogP) is 3.80. The molecule has 0 aliphatic heterocycles. The van der Waals surface area contributed by atoms with E-state index < -0.39 is 11.9 Å². The summed E-state index contributed by atoms with van der Waals surface area (Å²) in [5.41, 5.74) is 1.99. The summed E-state index contributed by atoms with van der Waals surface area (Å²) < 4.78 is 5.33. The van der Waals surface area contributed by atoms with Crippen LogP contribution in [-0.4, -0.2) is 22.2 Å². The molecule has 0 radical (unpaired) electrons. The molecule has 0 aliphatic carbocycles. The molecular formula is C17H12O5. The average molecular weight is 296 g/mol. The normalized spacial score (nSPS) is 10.8. The second-order valence-corrected chi connectivity index (χ2v) is 4.94. The number of carboxylic acid groups (broad SMARTS) is 2.